The third-order valence-electron chi connectivity index (χ3n) is 3.79. The summed E-state index contributed by atoms with van der Waals surface area (Å²) in [6.07, 6.45) is 2.47. The van der Waals surface area contributed by atoms with Gasteiger partial charge in [-0.1, -0.05) is 5.16 Å². The molecule has 0 bridgehead atoms. The zero-order valence-corrected chi connectivity index (χ0v) is 15.3. The molecule has 9 heteroatoms. The number of nitrogens with zero attached hydrogens (tertiary/aromatic N) is 3. The highest BCUT2D eigenvalue weighted by Crippen LogP contribution is 2.38. The Morgan fingerprint density at radius 2 is 2.12 bits per heavy atom. The van der Waals surface area contributed by atoms with E-state index in [9.17, 15) is 0 Å². The fraction of sp³-hybridized carbons (Fsp3) is 0.312. The largest absolute Gasteiger partial charge is 0.454 e. The molecular weight excluding hydrogens is 364 g/mol. The van der Waals surface area contributed by atoms with E-state index in [-0.39, 0.29) is 19.2 Å². The molecule has 1 unspecified atom stereocenters. The number of benzene rings is 1. The smallest absolute Gasteiger partial charge is 0.269 e. The van der Waals surface area contributed by atoms with Crippen LogP contribution in [0.1, 0.15) is 12.7 Å². The summed E-state index contributed by atoms with van der Waals surface area (Å²) in [6, 6.07) is 6.08. The number of likely N-dealkylation sites (N-methyl/N-ethyl adjacent to an activating group) is 1. The summed E-state index contributed by atoms with van der Waals surface area (Å²) in [5.74, 6) is 2.68. The molecule has 0 aliphatic carbocycles. The van der Waals surface area contributed by atoms with Crippen molar-refractivity contribution in [1.29, 1.82) is 0 Å². The number of rotatable bonds is 5. The molecule has 1 aliphatic heterocycles. The first-order valence-corrected chi connectivity index (χ1v) is 8.40. The minimum Gasteiger partial charge on any atom is -0.454 e. The van der Waals surface area contributed by atoms with Gasteiger partial charge in [0.1, 0.15) is 9.88 Å². The molecule has 2 aromatic heterocycles. The second kappa shape index (κ2) is 7.38. The monoisotopic (exact) mass is 380 g/mol. The molecule has 3 aromatic rings. The Hall–Kier alpha value is -2.16. The fourth-order valence-electron chi connectivity index (χ4n) is 2.35. The van der Waals surface area contributed by atoms with E-state index in [1.54, 1.807) is 6.20 Å². The normalized spacial score (nSPS) is 13.5. The lowest BCUT2D eigenvalue weighted by atomic mass is 10.2. The van der Waals surface area contributed by atoms with Gasteiger partial charge in [-0.15, -0.1) is 23.7 Å². The summed E-state index contributed by atoms with van der Waals surface area (Å²) < 4.78 is 16.1. The number of aromatic nitrogens is 3. The third-order valence-corrected chi connectivity index (χ3v) is 4.82. The fourth-order valence-corrected chi connectivity index (χ4v) is 3.18. The number of fused-ring (bicyclic) bond motifs is 1. The molecule has 3 heterocycles. The van der Waals surface area contributed by atoms with Crippen molar-refractivity contribution < 1.29 is 14.0 Å². The number of hydrogen-bond acceptors (Lipinski definition) is 8. The Balaban J connectivity index is 0.00000182. The lowest BCUT2D eigenvalue weighted by molar-refractivity contribution is 0.174. The maximum Gasteiger partial charge on any atom is 0.269 e. The van der Waals surface area contributed by atoms with E-state index in [0.29, 0.717) is 24.2 Å². The molecule has 0 saturated carbocycles. The van der Waals surface area contributed by atoms with Crippen LogP contribution in [0.15, 0.2) is 28.9 Å². The van der Waals surface area contributed by atoms with Crippen molar-refractivity contribution in [3.8, 4) is 32.8 Å². The van der Waals surface area contributed by atoms with Gasteiger partial charge < -0.3 is 19.3 Å². The van der Waals surface area contributed by atoms with Gasteiger partial charge in [-0.05, 0) is 32.2 Å². The van der Waals surface area contributed by atoms with Gasteiger partial charge in [-0.25, -0.2) is 4.98 Å². The number of halogens is 1. The van der Waals surface area contributed by atoms with Crippen LogP contribution in [0.2, 0.25) is 0 Å². The summed E-state index contributed by atoms with van der Waals surface area (Å²) in [7, 11) is 1.91. The molecule has 7 nitrogen and oxygen atoms in total. The van der Waals surface area contributed by atoms with Crippen LogP contribution in [0.3, 0.4) is 0 Å². The molecule has 0 fully saturated rings. The highest BCUT2D eigenvalue weighted by atomic mass is 35.5. The summed E-state index contributed by atoms with van der Waals surface area (Å²) in [5, 5.41) is 8.05. The highest BCUT2D eigenvalue weighted by Gasteiger charge is 2.17. The number of hydrogen-bond donors (Lipinski definition) is 1. The average Bonchev–Trinajstić information content (AvgIpc) is 3.33. The second-order valence-corrected chi connectivity index (χ2v) is 6.54. The zero-order chi connectivity index (χ0) is 16.5. The molecule has 1 aromatic carbocycles. The molecule has 4 rings (SSSR count). The van der Waals surface area contributed by atoms with Crippen LogP contribution in [0.5, 0.6) is 11.5 Å². The number of nitrogens with one attached hydrogen (secondary N) is 1. The Bertz CT molecular complexity index is 867. The molecule has 0 radical (unpaired) electrons. The van der Waals surface area contributed by atoms with Crippen LogP contribution >= 0.6 is 23.7 Å². The quantitative estimate of drug-likeness (QED) is 0.727. The number of thiazole rings is 1. The molecule has 25 heavy (non-hydrogen) atoms. The van der Waals surface area contributed by atoms with E-state index in [4.69, 9.17) is 14.0 Å². The zero-order valence-electron chi connectivity index (χ0n) is 13.7. The SMILES string of the molecule is CNC(C)Cc1noc(-c2cnc(-c3ccc4c(c3)OCO4)s2)n1.Cl. The molecule has 132 valence electrons. The Labute approximate surface area is 154 Å². The third kappa shape index (κ3) is 3.60. The average molecular weight is 381 g/mol. The molecule has 1 atom stereocenters. The van der Waals surface area contributed by atoms with Crippen LogP contribution in [0.25, 0.3) is 21.3 Å². The summed E-state index contributed by atoms with van der Waals surface area (Å²) in [6.45, 7) is 2.33. The van der Waals surface area contributed by atoms with Gasteiger partial charge in [0.25, 0.3) is 5.89 Å². The molecular formula is C16H17ClN4O3S. The van der Waals surface area contributed by atoms with E-state index in [2.05, 4.69) is 27.4 Å². The van der Waals surface area contributed by atoms with Crippen molar-refractivity contribution in [2.45, 2.75) is 19.4 Å². The Morgan fingerprint density at radius 3 is 2.96 bits per heavy atom. The standard InChI is InChI=1S/C16H16N4O3S.ClH/c1-9(17-2)5-14-19-15(23-20-14)13-7-18-16(24-13)10-3-4-11-12(6-10)22-8-21-11;/h3-4,6-7,9,17H,5,8H2,1-2H3;1H. The maximum atomic E-state index is 5.41. The molecule has 0 amide bonds. The number of ether oxygens (including phenoxy) is 2. The minimum absolute atomic E-state index is 0. The Kier molecular flexibility index (Phi) is 5.22. The van der Waals surface area contributed by atoms with Crippen LogP contribution in [-0.2, 0) is 6.42 Å². The van der Waals surface area contributed by atoms with Crippen molar-refractivity contribution in [1.82, 2.24) is 20.4 Å². The van der Waals surface area contributed by atoms with Crippen molar-refractivity contribution in [3.63, 3.8) is 0 Å². The lowest BCUT2D eigenvalue weighted by Gasteiger charge is -2.04. The van der Waals surface area contributed by atoms with Crippen LogP contribution in [0.4, 0.5) is 0 Å². The van der Waals surface area contributed by atoms with Crippen molar-refractivity contribution in [2.75, 3.05) is 13.8 Å². The van der Waals surface area contributed by atoms with Gasteiger partial charge >= 0.3 is 0 Å². The topological polar surface area (TPSA) is 82.3 Å². The highest BCUT2D eigenvalue weighted by molar-refractivity contribution is 7.18. The van der Waals surface area contributed by atoms with Gasteiger partial charge in [0.05, 0.1) is 6.20 Å². The lowest BCUT2D eigenvalue weighted by Crippen LogP contribution is -2.24. The van der Waals surface area contributed by atoms with Gasteiger partial charge in [-0.3, -0.25) is 0 Å². The van der Waals surface area contributed by atoms with E-state index in [1.165, 1.54) is 11.3 Å². The predicted octanol–water partition coefficient (Wildman–Crippen LogP) is 3.16. The van der Waals surface area contributed by atoms with Crippen molar-refractivity contribution >= 4 is 23.7 Å². The second-order valence-electron chi connectivity index (χ2n) is 5.51. The first-order chi connectivity index (χ1) is 11.7. The molecule has 0 spiro atoms. The first-order valence-electron chi connectivity index (χ1n) is 7.59. The van der Waals surface area contributed by atoms with E-state index in [1.807, 2.05) is 25.2 Å². The predicted molar refractivity (Wildman–Crippen MR) is 96.4 cm³/mol. The molecule has 1 N–H and O–H groups in total. The maximum absolute atomic E-state index is 5.41. The summed E-state index contributed by atoms with van der Waals surface area (Å²) in [5.41, 5.74) is 0.971. The van der Waals surface area contributed by atoms with Crippen LogP contribution in [-0.4, -0.2) is 35.0 Å². The Morgan fingerprint density at radius 1 is 1.28 bits per heavy atom. The van der Waals surface area contributed by atoms with Crippen LogP contribution < -0.4 is 14.8 Å². The first kappa shape index (κ1) is 17.7. The van der Waals surface area contributed by atoms with Gasteiger partial charge in [0, 0.05) is 18.0 Å². The minimum atomic E-state index is 0. The van der Waals surface area contributed by atoms with E-state index < -0.39 is 0 Å². The van der Waals surface area contributed by atoms with Crippen LogP contribution in [0, 0.1) is 0 Å². The van der Waals surface area contributed by atoms with E-state index >= 15 is 0 Å². The van der Waals surface area contributed by atoms with Crippen molar-refractivity contribution in [2.24, 2.45) is 0 Å². The van der Waals surface area contributed by atoms with Gasteiger partial charge in [-0.2, -0.15) is 4.98 Å². The summed E-state index contributed by atoms with van der Waals surface area (Å²) in [4.78, 5) is 9.74. The van der Waals surface area contributed by atoms with Crippen molar-refractivity contribution in [3.05, 3.63) is 30.2 Å². The molecule has 1 aliphatic rings. The summed E-state index contributed by atoms with van der Waals surface area (Å²) >= 11 is 1.50. The van der Waals surface area contributed by atoms with Gasteiger partial charge in [0.15, 0.2) is 17.3 Å². The van der Waals surface area contributed by atoms with E-state index in [0.717, 1.165) is 26.9 Å². The molecule has 0 saturated heterocycles. The van der Waals surface area contributed by atoms with Gasteiger partial charge in [0.2, 0.25) is 6.79 Å².